The van der Waals surface area contributed by atoms with Crippen molar-refractivity contribution in [1.82, 2.24) is 9.80 Å². The molecule has 0 amide bonds. The third-order valence-corrected chi connectivity index (χ3v) is 4.74. The fraction of sp³-hybridized carbons (Fsp3) is 0.571. The van der Waals surface area contributed by atoms with Crippen LogP contribution in [0.1, 0.15) is 12.0 Å². The van der Waals surface area contributed by atoms with Crippen molar-refractivity contribution in [3.63, 3.8) is 0 Å². The van der Waals surface area contributed by atoms with Crippen LogP contribution in [-0.2, 0) is 6.54 Å². The summed E-state index contributed by atoms with van der Waals surface area (Å²) in [6.07, 6.45) is 1.33. The first-order valence-corrected chi connectivity index (χ1v) is 7.23. The highest BCUT2D eigenvalue weighted by Gasteiger charge is 2.41. The lowest BCUT2D eigenvalue weighted by Crippen LogP contribution is -2.43. The van der Waals surface area contributed by atoms with Gasteiger partial charge in [-0.25, -0.2) is 0 Å². The van der Waals surface area contributed by atoms with Gasteiger partial charge < -0.3 is 9.64 Å². The summed E-state index contributed by atoms with van der Waals surface area (Å²) < 4.78 is 6.55. The molecule has 1 aromatic rings. The summed E-state index contributed by atoms with van der Waals surface area (Å²) >= 11 is 3.49. The fourth-order valence-corrected chi connectivity index (χ4v) is 3.55. The number of benzene rings is 1. The Balaban J connectivity index is 1.74. The van der Waals surface area contributed by atoms with Gasteiger partial charge in [-0.3, -0.25) is 4.90 Å². The summed E-state index contributed by atoms with van der Waals surface area (Å²) in [7, 11) is 3.98. The standard InChI is InChI=1S/C14H19BrN2O/c1-16-8-13-6-12(16)9-17(13)7-10-3-4-11(15)5-14(10)18-2/h3-5,12-13H,6-9H2,1-2H3/t12?,13-/m0/s1. The molecule has 0 N–H and O–H groups in total. The van der Waals surface area contributed by atoms with Gasteiger partial charge in [0.2, 0.25) is 0 Å². The van der Waals surface area contributed by atoms with E-state index >= 15 is 0 Å². The average molecular weight is 311 g/mol. The maximum absolute atomic E-state index is 5.47. The van der Waals surface area contributed by atoms with Crippen molar-refractivity contribution in [3.8, 4) is 5.75 Å². The predicted molar refractivity (Wildman–Crippen MR) is 75.9 cm³/mol. The number of likely N-dealkylation sites (N-methyl/N-ethyl adjacent to an activating group) is 1. The molecule has 0 aliphatic carbocycles. The average Bonchev–Trinajstić information content (AvgIpc) is 2.90. The number of nitrogens with zero attached hydrogens (tertiary/aromatic N) is 2. The van der Waals surface area contributed by atoms with E-state index < -0.39 is 0 Å². The van der Waals surface area contributed by atoms with Crippen LogP contribution in [-0.4, -0.2) is 49.1 Å². The summed E-state index contributed by atoms with van der Waals surface area (Å²) in [5.74, 6) is 0.987. The van der Waals surface area contributed by atoms with Crippen LogP contribution in [0.4, 0.5) is 0 Å². The fourth-order valence-electron chi connectivity index (χ4n) is 3.21. The molecular formula is C14H19BrN2O. The molecule has 2 aliphatic heterocycles. The SMILES string of the molecule is COc1cc(Br)ccc1CN1CC2C[C@H]1CN2C. The Hall–Kier alpha value is -0.580. The number of methoxy groups -OCH3 is 1. The molecule has 0 saturated carbocycles. The van der Waals surface area contributed by atoms with E-state index in [1.165, 1.54) is 25.1 Å². The van der Waals surface area contributed by atoms with E-state index in [4.69, 9.17) is 4.74 Å². The van der Waals surface area contributed by atoms with Crippen LogP contribution in [0.3, 0.4) is 0 Å². The van der Waals surface area contributed by atoms with Crippen LogP contribution < -0.4 is 4.74 Å². The van der Waals surface area contributed by atoms with Gasteiger partial charge in [-0.1, -0.05) is 22.0 Å². The van der Waals surface area contributed by atoms with Crippen molar-refractivity contribution in [3.05, 3.63) is 28.2 Å². The molecule has 0 radical (unpaired) electrons. The third-order valence-electron chi connectivity index (χ3n) is 4.25. The van der Waals surface area contributed by atoms with Crippen LogP contribution >= 0.6 is 15.9 Å². The number of hydrogen-bond donors (Lipinski definition) is 0. The molecule has 2 aliphatic rings. The molecular weight excluding hydrogens is 292 g/mol. The van der Waals surface area contributed by atoms with Gasteiger partial charge >= 0.3 is 0 Å². The Labute approximate surface area is 117 Å². The second-order valence-corrected chi connectivity index (χ2v) is 6.28. The smallest absolute Gasteiger partial charge is 0.124 e. The quantitative estimate of drug-likeness (QED) is 0.852. The van der Waals surface area contributed by atoms with Crippen molar-refractivity contribution in [2.45, 2.75) is 25.0 Å². The first-order valence-electron chi connectivity index (χ1n) is 6.44. The normalized spacial score (nSPS) is 27.9. The zero-order valence-corrected chi connectivity index (χ0v) is 12.5. The highest BCUT2D eigenvalue weighted by Crippen LogP contribution is 2.32. The van der Waals surface area contributed by atoms with E-state index in [0.29, 0.717) is 0 Å². The van der Waals surface area contributed by atoms with Crippen molar-refractivity contribution >= 4 is 15.9 Å². The molecule has 1 unspecified atom stereocenters. The molecule has 0 aromatic heterocycles. The summed E-state index contributed by atoms with van der Waals surface area (Å²) in [6.45, 7) is 3.41. The van der Waals surface area contributed by atoms with E-state index in [1.807, 2.05) is 0 Å². The molecule has 2 bridgehead atoms. The number of halogens is 1. The monoisotopic (exact) mass is 310 g/mol. The lowest BCUT2D eigenvalue weighted by molar-refractivity contribution is 0.142. The number of rotatable bonds is 3. The number of hydrogen-bond acceptors (Lipinski definition) is 3. The van der Waals surface area contributed by atoms with E-state index in [-0.39, 0.29) is 0 Å². The minimum Gasteiger partial charge on any atom is -0.496 e. The summed E-state index contributed by atoms with van der Waals surface area (Å²) in [5.41, 5.74) is 1.29. The molecule has 4 heteroatoms. The van der Waals surface area contributed by atoms with Gasteiger partial charge in [0.05, 0.1) is 7.11 Å². The molecule has 2 heterocycles. The number of fused-ring (bicyclic) bond motifs is 2. The van der Waals surface area contributed by atoms with Gasteiger partial charge in [-0.2, -0.15) is 0 Å². The Kier molecular flexibility index (Phi) is 3.34. The molecule has 1 aromatic carbocycles. The molecule has 0 spiro atoms. The molecule has 18 heavy (non-hydrogen) atoms. The first-order chi connectivity index (χ1) is 8.67. The Morgan fingerprint density at radius 2 is 2.17 bits per heavy atom. The molecule has 3 rings (SSSR count). The van der Waals surface area contributed by atoms with Gasteiger partial charge in [0.25, 0.3) is 0 Å². The maximum atomic E-state index is 5.47. The van der Waals surface area contributed by atoms with Crippen LogP contribution in [0.15, 0.2) is 22.7 Å². The van der Waals surface area contributed by atoms with Gasteiger partial charge in [0.15, 0.2) is 0 Å². The van der Waals surface area contributed by atoms with Crippen LogP contribution in [0.2, 0.25) is 0 Å². The lowest BCUT2D eigenvalue weighted by atomic mass is 10.1. The highest BCUT2D eigenvalue weighted by molar-refractivity contribution is 9.10. The molecule has 2 atom stereocenters. The Bertz CT molecular complexity index is 449. The zero-order valence-electron chi connectivity index (χ0n) is 10.9. The van der Waals surface area contributed by atoms with Gasteiger partial charge in [-0.05, 0) is 25.6 Å². The van der Waals surface area contributed by atoms with E-state index in [1.54, 1.807) is 7.11 Å². The zero-order chi connectivity index (χ0) is 12.7. The summed E-state index contributed by atoms with van der Waals surface area (Å²) in [5, 5.41) is 0. The molecule has 2 fully saturated rings. The minimum absolute atomic E-state index is 0.730. The van der Waals surface area contributed by atoms with Gasteiger partial charge in [0, 0.05) is 41.8 Å². The van der Waals surface area contributed by atoms with E-state index in [2.05, 4.69) is 51.0 Å². The van der Waals surface area contributed by atoms with Gasteiger partial charge in [-0.15, -0.1) is 0 Å². The maximum Gasteiger partial charge on any atom is 0.124 e. The largest absolute Gasteiger partial charge is 0.496 e. The highest BCUT2D eigenvalue weighted by atomic mass is 79.9. The summed E-state index contributed by atoms with van der Waals surface area (Å²) in [4.78, 5) is 5.08. The third kappa shape index (κ3) is 2.17. The Morgan fingerprint density at radius 1 is 1.33 bits per heavy atom. The second-order valence-electron chi connectivity index (χ2n) is 5.37. The number of likely N-dealkylation sites (tertiary alicyclic amines) is 2. The van der Waals surface area contributed by atoms with Crippen molar-refractivity contribution in [2.24, 2.45) is 0 Å². The van der Waals surface area contributed by atoms with Crippen LogP contribution in [0.25, 0.3) is 0 Å². The minimum atomic E-state index is 0.730. The van der Waals surface area contributed by atoms with Gasteiger partial charge in [0.1, 0.15) is 5.75 Å². The predicted octanol–water partition coefficient (Wildman–Crippen LogP) is 2.35. The Morgan fingerprint density at radius 3 is 2.78 bits per heavy atom. The second kappa shape index (κ2) is 4.83. The number of piperazine rings is 1. The molecule has 2 saturated heterocycles. The first kappa shape index (κ1) is 12.5. The van der Waals surface area contributed by atoms with Crippen LogP contribution in [0.5, 0.6) is 5.75 Å². The van der Waals surface area contributed by atoms with Crippen molar-refractivity contribution in [1.29, 1.82) is 0 Å². The van der Waals surface area contributed by atoms with E-state index in [0.717, 1.165) is 28.9 Å². The molecule has 98 valence electrons. The van der Waals surface area contributed by atoms with Crippen molar-refractivity contribution < 1.29 is 4.74 Å². The number of ether oxygens (including phenoxy) is 1. The topological polar surface area (TPSA) is 15.7 Å². The molecule has 3 nitrogen and oxygen atoms in total. The summed E-state index contributed by atoms with van der Waals surface area (Å²) in [6, 6.07) is 7.80. The lowest BCUT2D eigenvalue weighted by Gasteiger charge is -2.32. The van der Waals surface area contributed by atoms with Crippen molar-refractivity contribution in [2.75, 3.05) is 27.2 Å². The van der Waals surface area contributed by atoms with E-state index in [9.17, 15) is 0 Å². The van der Waals surface area contributed by atoms with Crippen LogP contribution in [0, 0.1) is 0 Å².